The second-order valence-corrected chi connectivity index (χ2v) is 5.91. The van der Waals surface area contributed by atoms with Gasteiger partial charge in [0.15, 0.2) is 0 Å². The molecule has 0 spiro atoms. The molecular formula is C16H21N3O4. The third-order valence-corrected chi connectivity index (χ3v) is 3.64. The minimum atomic E-state index is -0.874. The lowest BCUT2D eigenvalue weighted by Gasteiger charge is -2.17. The Labute approximate surface area is 134 Å². The van der Waals surface area contributed by atoms with E-state index < -0.39 is 11.9 Å². The van der Waals surface area contributed by atoms with Crippen LogP contribution in [0.4, 0.5) is 10.5 Å². The second-order valence-electron chi connectivity index (χ2n) is 5.91. The second kappa shape index (κ2) is 7.13. The first-order chi connectivity index (χ1) is 10.9. The molecule has 7 heteroatoms. The smallest absolute Gasteiger partial charge is 0.321 e. The molecule has 0 radical (unpaired) electrons. The molecule has 1 fully saturated rings. The maximum Gasteiger partial charge on any atom is 0.321 e. The van der Waals surface area contributed by atoms with Crippen LogP contribution in [-0.4, -0.2) is 47.0 Å². The first-order valence-corrected chi connectivity index (χ1v) is 7.56. The molecule has 3 amide bonds. The van der Waals surface area contributed by atoms with Gasteiger partial charge in [0.05, 0.1) is 5.92 Å². The SMILES string of the molecule is CC(C)NC(=O)c1ccc(NC(=O)N2CCC(C(=O)O)C2)cc1. The molecule has 23 heavy (non-hydrogen) atoms. The van der Waals surface area contributed by atoms with Gasteiger partial charge in [-0.15, -0.1) is 0 Å². The molecule has 1 aliphatic heterocycles. The van der Waals surface area contributed by atoms with Gasteiger partial charge in [-0.25, -0.2) is 4.79 Å². The molecule has 0 aromatic heterocycles. The summed E-state index contributed by atoms with van der Waals surface area (Å²) >= 11 is 0. The van der Waals surface area contributed by atoms with E-state index in [4.69, 9.17) is 5.11 Å². The number of hydrogen-bond donors (Lipinski definition) is 3. The number of nitrogens with zero attached hydrogens (tertiary/aromatic N) is 1. The lowest BCUT2D eigenvalue weighted by Crippen LogP contribution is -2.33. The Bertz CT molecular complexity index is 598. The van der Waals surface area contributed by atoms with Crippen molar-refractivity contribution in [1.82, 2.24) is 10.2 Å². The fourth-order valence-electron chi connectivity index (χ4n) is 2.40. The summed E-state index contributed by atoms with van der Waals surface area (Å²) in [5.41, 5.74) is 1.08. The molecule has 1 unspecified atom stereocenters. The molecule has 0 bridgehead atoms. The zero-order valence-electron chi connectivity index (χ0n) is 13.2. The van der Waals surface area contributed by atoms with Gasteiger partial charge in [-0.3, -0.25) is 9.59 Å². The van der Waals surface area contributed by atoms with Crippen molar-refractivity contribution in [3.8, 4) is 0 Å². The first kappa shape index (κ1) is 16.8. The van der Waals surface area contributed by atoms with Crippen LogP contribution in [0.15, 0.2) is 24.3 Å². The van der Waals surface area contributed by atoms with Crippen LogP contribution in [0.1, 0.15) is 30.6 Å². The summed E-state index contributed by atoms with van der Waals surface area (Å²) in [6.45, 7) is 4.41. The molecule has 1 saturated heterocycles. The highest BCUT2D eigenvalue weighted by Gasteiger charge is 2.30. The van der Waals surface area contributed by atoms with Crippen LogP contribution in [0.25, 0.3) is 0 Å². The summed E-state index contributed by atoms with van der Waals surface area (Å²) in [7, 11) is 0. The lowest BCUT2D eigenvalue weighted by atomic mass is 10.1. The fraction of sp³-hybridized carbons (Fsp3) is 0.438. The van der Waals surface area contributed by atoms with Gasteiger partial charge >= 0.3 is 12.0 Å². The van der Waals surface area contributed by atoms with Crippen molar-refractivity contribution in [3.63, 3.8) is 0 Å². The summed E-state index contributed by atoms with van der Waals surface area (Å²) in [4.78, 5) is 36.3. The van der Waals surface area contributed by atoms with E-state index in [1.54, 1.807) is 24.3 Å². The van der Waals surface area contributed by atoms with E-state index in [0.29, 0.717) is 24.2 Å². The quantitative estimate of drug-likeness (QED) is 0.787. The first-order valence-electron chi connectivity index (χ1n) is 7.56. The van der Waals surface area contributed by atoms with Crippen molar-refractivity contribution >= 4 is 23.6 Å². The number of carbonyl (C=O) groups excluding carboxylic acids is 2. The number of aliphatic carboxylic acids is 1. The number of carboxylic acids is 1. The zero-order chi connectivity index (χ0) is 17.0. The number of carbonyl (C=O) groups is 3. The summed E-state index contributed by atoms with van der Waals surface area (Å²) in [5, 5.41) is 14.5. The average molecular weight is 319 g/mol. The summed E-state index contributed by atoms with van der Waals surface area (Å²) in [6, 6.07) is 6.30. The molecule has 1 aromatic rings. The highest BCUT2D eigenvalue weighted by atomic mass is 16.4. The highest BCUT2D eigenvalue weighted by Crippen LogP contribution is 2.18. The summed E-state index contributed by atoms with van der Waals surface area (Å²) in [5.74, 6) is -1.54. The van der Waals surface area contributed by atoms with E-state index >= 15 is 0 Å². The Morgan fingerprint density at radius 3 is 2.39 bits per heavy atom. The molecule has 1 heterocycles. The molecule has 7 nitrogen and oxygen atoms in total. The molecule has 1 atom stereocenters. The normalized spacial score (nSPS) is 17.2. The number of carboxylic acid groups (broad SMARTS) is 1. The van der Waals surface area contributed by atoms with E-state index in [1.165, 1.54) is 4.90 Å². The third kappa shape index (κ3) is 4.45. The summed E-state index contributed by atoms with van der Waals surface area (Å²) in [6.07, 6.45) is 0.469. The standard InChI is InChI=1S/C16H21N3O4/c1-10(2)17-14(20)11-3-5-13(6-4-11)18-16(23)19-8-7-12(9-19)15(21)22/h3-6,10,12H,7-9H2,1-2H3,(H,17,20)(H,18,23)(H,21,22). The maximum atomic E-state index is 12.1. The van der Waals surface area contributed by atoms with Crippen LogP contribution in [0.2, 0.25) is 0 Å². The van der Waals surface area contributed by atoms with Gasteiger partial charge < -0.3 is 20.6 Å². The van der Waals surface area contributed by atoms with Gasteiger partial charge in [0, 0.05) is 30.4 Å². The van der Waals surface area contributed by atoms with Crippen molar-refractivity contribution in [1.29, 1.82) is 0 Å². The number of likely N-dealkylation sites (tertiary alicyclic amines) is 1. The number of amides is 3. The summed E-state index contributed by atoms with van der Waals surface area (Å²) < 4.78 is 0. The Kier molecular flexibility index (Phi) is 5.20. The van der Waals surface area contributed by atoms with Crippen LogP contribution in [-0.2, 0) is 4.79 Å². The number of anilines is 1. The zero-order valence-corrected chi connectivity index (χ0v) is 13.2. The van der Waals surface area contributed by atoms with Gasteiger partial charge in [-0.05, 0) is 44.5 Å². The molecule has 124 valence electrons. The minimum Gasteiger partial charge on any atom is -0.481 e. The van der Waals surface area contributed by atoms with Crippen molar-refractivity contribution < 1.29 is 19.5 Å². The van der Waals surface area contributed by atoms with Crippen molar-refractivity contribution in [2.45, 2.75) is 26.3 Å². The third-order valence-electron chi connectivity index (χ3n) is 3.64. The molecule has 0 aliphatic carbocycles. The van der Waals surface area contributed by atoms with Crippen molar-refractivity contribution in [2.75, 3.05) is 18.4 Å². The van der Waals surface area contributed by atoms with E-state index in [0.717, 1.165) is 0 Å². The minimum absolute atomic E-state index is 0.0548. The lowest BCUT2D eigenvalue weighted by molar-refractivity contribution is -0.141. The molecule has 1 aliphatic rings. The predicted octanol–water partition coefficient (Wildman–Crippen LogP) is 1.76. The Morgan fingerprint density at radius 2 is 1.87 bits per heavy atom. The predicted molar refractivity (Wildman–Crippen MR) is 85.4 cm³/mol. The fourth-order valence-corrected chi connectivity index (χ4v) is 2.40. The van der Waals surface area contributed by atoms with Crippen LogP contribution in [0.5, 0.6) is 0 Å². The topological polar surface area (TPSA) is 98.7 Å². The van der Waals surface area contributed by atoms with E-state index in [2.05, 4.69) is 10.6 Å². The molecule has 1 aromatic carbocycles. The highest BCUT2D eigenvalue weighted by molar-refractivity contribution is 5.95. The average Bonchev–Trinajstić information content (AvgIpc) is 2.97. The van der Waals surface area contributed by atoms with Gasteiger partial charge in [0.2, 0.25) is 0 Å². The van der Waals surface area contributed by atoms with Crippen LogP contribution in [0.3, 0.4) is 0 Å². The monoisotopic (exact) mass is 319 g/mol. The van der Waals surface area contributed by atoms with Crippen molar-refractivity contribution in [2.24, 2.45) is 5.92 Å². The van der Waals surface area contributed by atoms with Gasteiger partial charge in [-0.1, -0.05) is 0 Å². The van der Waals surface area contributed by atoms with E-state index in [1.807, 2.05) is 13.8 Å². The molecule has 3 N–H and O–H groups in total. The van der Waals surface area contributed by atoms with Crippen LogP contribution in [0, 0.1) is 5.92 Å². The molecular weight excluding hydrogens is 298 g/mol. The number of nitrogens with one attached hydrogen (secondary N) is 2. The van der Waals surface area contributed by atoms with E-state index in [9.17, 15) is 14.4 Å². The number of urea groups is 1. The van der Waals surface area contributed by atoms with Crippen molar-refractivity contribution in [3.05, 3.63) is 29.8 Å². The van der Waals surface area contributed by atoms with Crippen LogP contribution < -0.4 is 10.6 Å². The maximum absolute atomic E-state index is 12.1. The number of benzene rings is 1. The van der Waals surface area contributed by atoms with Gasteiger partial charge in [0.1, 0.15) is 0 Å². The Hall–Kier alpha value is -2.57. The Balaban J connectivity index is 1.92. The molecule has 0 saturated carbocycles. The molecule has 2 rings (SSSR count). The van der Waals surface area contributed by atoms with E-state index in [-0.39, 0.29) is 24.5 Å². The largest absolute Gasteiger partial charge is 0.481 e. The number of hydrogen-bond acceptors (Lipinski definition) is 3. The number of rotatable bonds is 4. The van der Waals surface area contributed by atoms with Gasteiger partial charge in [-0.2, -0.15) is 0 Å². The van der Waals surface area contributed by atoms with Gasteiger partial charge in [0.25, 0.3) is 5.91 Å². The Morgan fingerprint density at radius 1 is 1.22 bits per heavy atom. The van der Waals surface area contributed by atoms with Crippen LogP contribution >= 0.6 is 0 Å².